The number of amides is 1. The maximum atomic E-state index is 14.0. The zero-order valence-electron chi connectivity index (χ0n) is 15.5. The lowest BCUT2D eigenvalue weighted by atomic mass is 9.97. The van der Waals surface area contributed by atoms with Crippen molar-refractivity contribution in [3.8, 4) is 5.75 Å². The first-order chi connectivity index (χ1) is 13.7. The highest BCUT2D eigenvalue weighted by Crippen LogP contribution is 2.36. The van der Waals surface area contributed by atoms with Crippen LogP contribution in [0, 0.1) is 24.4 Å². The van der Waals surface area contributed by atoms with Crippen molar-refractivity contribution in [2.75, 3.05) is 6.73 Å². The summed E-state index contributed by atoms with van der Waals surface area (Å²) in [5.74, 6) is -6.20. The molecule has 0 aliphatic rings. The van der Waals surface area contributed by atoms with Gasteiger partial charge in [0.1, 0.15) is 6.73 Å². The summed E-state index contributed by atoms with van der Waals surface area (Å²) in [6, 6.07) is 4.63. The number of nitrogens with one attached hydrogen (secondary N) is 1. The molecule has 9 heteroatoms. The third-order valence-corrected chi connectivity index (χ3v) is 4.77. The predicted octanol–water partition coefficient (Wildman–Crippen LogP) is 2.93. The molecule has 0 bridgehead atoms. The molecular weight excluding hydrogens is 389 g/mol. The number of phenols is 1. The van der Waals surface area contributed by atoms with Gasteiger partial charge in [0.2, 0.25) is 5.91 Å². The molecule has 0 unspecified atom stereocenters. The number of rotatable bonds is 4. The molecule has 3 rings (SSSR count). The third kappa shape index (κ3) is 3.44. The molecule has 29 heavy (non-hydrogen) atoms. The van der Waals surface area contributed by atoms with E-state index in [-0.39, 0.29) is 22.2 Å². The number of carbonyl (C=O) groups excluding carboxylic acids is 2. The van der Waals surface area contributed by atoms with E-state index < -0.39 is 47.7 Å². The number of nitrogens with zero attached hydrogens (tertiary/aromatic N) is 1. The quantitative estimate of drug-likeness (QED) is 0.581. The number of aliphatic hydroxyl groups is 1. The Morgan fingerprint density at radius 2 is 1.79 bits per heavy atom. The van der Waals surface area contributed by atoms with Crippen molar-refractivity contribution in [2.24, 2.45) is 0 Å². The SMILES string of the molecule is Cc1c([C@@H](C)C(=O)NCO)c2cc(O)c(F)cc2n1C(=O)c1ccc(F)c(F)c1. The van der Waals surface area contributed by atoms with Crippen molar-refractivity contribution in [3.05, 3.63) is 64.6 Å². The van der Waals surface area contributed by atoms with E-state index in [0.29, 0.717) is 5.56 Å². The summed E-state index contributed by atoms with van der Waals surface area (Å²) >= 11 is 0. The van der Waals surface area contributed by atoms with E-state index in [1.807, 2.05) is 0 Å². The topological polar surface area (TPSA) is 91.6 Å². The first-order valence-corrected chi connectivity index (χ1v) is 8.59. The van der Waals surface area contributed by atoms with Crippen LogP contribution in [-0.4, -0.2) is 33.3 Å². The van der Waals surface area contributed by atoms with E-state index in [9.17, 15) is 27.9 Å². The number of hydrogen-bond acceptors (Lipinski definition) is 4. The fraction of sp³-hybridized carbons (Fsp3) is 0.200. The van der Waals surface area contributed by atoms with Crippen LogP contribution in [0.1, 0.15) is 34.5 Å². The second-order valence-electron chi connectivity index (χ2n) is 6.51. The largest absolute Gasteiger partial charge is 0.505 e. The summed E-state index contributed by atoms with van der Waals surface area (Å²) in [6.45, 7) is 2.42. The van der Waals surface area contributed by atoms with Gasteiger partial charge in [-0.25, -0.2) is 13.2 Å². The standard InChI is InChI=1S/C20H17F3N2O4/c1-9(19(28)24-8-26)18-10(2)25(16-7-15(23)17(27)6-12(16)18)20(29)11-3-4-13(21)14(22)5-11/h3-7,9,26-27H,8H2,1-2H3,(H,24,28)/t9-/m1/s1. The molecule has 0 saturated carbocycles. The molecule has 6 nitrogen and oxygen atoms in total. The average Bonchev–Trinajstić information content (AvgIpc) is 2.94. The fourth-order valence-corrected chi connectivity index (χ4v) is 3.38. The summed E-state index contributed by atoms with van der Waals surface area (Å²) < 4.78 is 41.9. The molecule has 1 aromatic heterocycles. The first-order valence-electron chi connectivity index (χ1n) is 8.59. The van der Waals surface area contributed by atoms with E-state index in [1.165, 1.54) is 13.8 Å². The number of aromatic hydroxyl groups is 1. The maximum Gasteiger partial charge on any atom is 0.262 e. The van der Waals surface area contributed by atoms with E-state index in [0.717, 1.165) is 34.9 Å². The average molecular weight is 406 g/mol. The summed E-state index contributed by atoms with van der Waals surface area (Å²) in [4.78, 5) is 25.3. The molecule has 3 N–H and O–H groups in total. The zero-order chi connectivity index (χ0) is 21.5. The van der Waals surface area contributed by atoms with Gasteiger partial charge < -0.3 is 15.5 Å². The lowest BCUT2D eigenvalue weighted by molar-refractivity contribution is -0.123. The normalized spacial score (nSPS) is 12.2. The van der Waals surface area contributed by atoms with Gasteiger partial charge in [0, 0.05) is 22.7 Å². The van der Waals surface area contributed by atoms with E-state index in [2.05, 4.69) is 5.32 Å². The van der Waals surface area contributed by atoms with Gasteiger partial charge >= 0.3 is 0 Å². The van der Waals surface area contributed by atoms with Crippen molar-refractivity contribution in [2.45, 2.75) is 19.8 Å². The minimum Gasteiger partial charge on any atom is -0.505 e. The van der Waals surface area contributed by atoms with Gasteiger partial charge in [-0.2, -0.15) is 0 Å². The zero-order valence-corrected chi connectivity index (χ0v) is 15.5. The van der Waals surface area contributed by atoms with Crippen LogP contribution in [-0.2, 0) is 4.79 Å². The number of aliphatic hydroxyl groups excluding tert-OH is 1. The number of benzene rings is 2. The van der Waals surface area contributed by atoms with Crippen molar-refractivity contribution in [1.29, 1.82) is 0 Å². The molecule has 0 aliphatic heterocycles. The molecule has 0 fully saturated rings. The van der Waals surface area contributed by atoms with Crippen LogP contribution >= 0.6 is 0 Å². The highest BCUT2D eigenvalue weighted by molar-refractivity contribution is 6.05. The second kappa shape index (κ2) is 7.59. The fourth-order valence-electron chi connectivity index (χ4n) is 3.38. The molecule has 1 atom stereocenters. The van der Waals surface area contributed by atoms with Gasteiger partial charge in [-0.3, -0.25) is 14.2 Å². The lowest BCUT2D eigenvalue weighted by Crippen LogP contribution is -2.29. The molecule has 0 radical (unpaired) electrons. The Hall–Kier alpha value is -3.33. The van der Waals surface area contributed by atoms with Crippen LogP contribution < -0.4 is 5.32 Å². The van der Waals surface area contributed by atoms with Crippen LogP contribution in [0.15, 0.2) is 30.3 Å². The van der Waals surface area contributed by atoms with Crippen molar-refractivity contribution in [1.82, 2.24) is 9.88 Å². The van der Waals surface area contributed by atoms with Gasteiger partial charge in [0.15, 0.2) is 23.2 Å². The van der Waals surface area contributed by atoms with Gasteiger partial charge in [-0.05, 0) is 43.7 Å². The highest BCUT2D eigenvalue weighted by atomic mass is 19.2. The molecule has 0 aliphatic carbocycles. The van der Waals surface area contributed by atoms with Crippen LogP contribution in [0.2, 0.25) is 0 Å². The van der Waals surface area contributed by atoms with Crippen LogP contribution in [0.4, 0.5) is 13.2 Å². The summed E-state index contributed by atoms with van der Waals surface area (Å²) in [6.07, 6.45) is 0. The van der Waals surface area contributed by atoms with Crippen LogP contribution in [0.25, 0.3) is 10.9 Å². The van der Waals surface area contributed by atoms with E-state index in [4.69, 9.17) is 5.11 Å². The smallest absolute Gasteiger partial charge is 0.262 e. The van der Waals surface area contributed by atoms with Crippen molar-refractivity contribution < 1.29 is 33.0 Å². The molecule has 152 valence electrons. The number of fused-ring (bicyclic) bond motifs is 1. The molecule has 0 spiro atoms. The Morgan fingerprint density at radius 3 is 2.41 bits per heavy atom. The number of halogens is 3. The Morgan fingerprint density at radius 1 is 1.10 bits per heavy atom. The molecule has 3 aromatic rings. The molecule has 0 saturated heterocycles. The van der Waals surface area contributed by atoms with E-state index >= 15 is 0 Å². The van der Waals surface area contributed by atoms with Crippen molar-refractivity contribution in [3.63, 3.8) is 0 Å². The van der Waals surface area contributed by atoms with Gasteiger partial charge in [0.25, 0.3) is 5.91 Å². The number of hydrogen-bond donors (Lipinski definition) is 3. The number of carbonyl (C=O) groups is 2. The Bertz CT molecular complexity index is 1140. The Kier molecular flexibility index (Phi) is 5.34. The highest BCUT2D eigenvalue weighted by Gasteiger charge is 2.27. The van der Waals surface area contributed by atoms with Crippen LogP contribution in [0.5, 0.6) is 5.75 Å². The monoisotopic (exact) mass is 406 g/mol. The molecule has 2 aromatic carbocycles. The predicted molar refractivity (Wildman–Crippen MR) is 98.0 cm³/mol. The Labute approximate surface area is 163 Å². The number of phenolic OH excluding ortho intramolecular Hbond substituents is 1. The maximum absolute atomic E-state index is 14.0. The van der Waals surface area contributed by atoms with Crippen LogP contribution in [0.3, 0.4) is 0 Å². The molecule has 1 heterocycles. The minimum atomic E-state index is -1.22. The van der Waals surface area contributed by atoms with Gasteiger partial charge in [-0.1, -0.05) is 0 Å². The number of aromatic nitrogens is 1. The van der Waals surface area contributed by atoms with Crippen molar-refractivity contribution >= 4 is 22.7 Å². The molecular formula is C20H17F3N2O4. The molecule has 1 amide bonds. The minimum absolute atomic E-state index is 0.0474. The second-order valence-corrected chi connectivity index (χ2v) is 6.51. The summed E-state index contributed by atoms with van der Waals surface area (Å²) in [7, 11) is 0. The third-order valence-electron chi connectivity index (χ3n) is 4.77. The van der Waals surface area contributed by atoms with Gasteiger partial charge in [-0.15, -0.1) is 0 Å². The summed E-state index contributed by atoms with van der Waals surface area (Å²) in [5, 5.41) is 21.2. The first kappa shape index (κ1) is 20.4. The van der Waals surface area contributed by atoms with E-state index in [1.54, 1.807) is 0 Å². The van der Waals surface area contributed by atoms with Gasteiger partial charge in [0.05, 0.1) is 11.4 Å². The Balaban J connectivity index is 2.28. The lowest BCUT2D eigenvalue weighted by Gasteiger charge is -2.12. The summed E-state index contributed by atoms with van der Waals surface area (Å²) in [5.41, 5.74) is 0.431.